The van der Waals surface area contributed by atoms with Crippen molar-refractivity contribution in [2.75, 3.05) is 12.3 Å². The molecule has 5 aromatic rings. The summed E-state index contributed by atoms with van der Waals surface area (Å²) in [5, 5.41) is 10.00. The van der Waals surface area contributed by atoms with E-state index in [1.165, 1.54) is 0 Å². The summed E-state index contributed by atoms with van der Waals surface area (Å²) in [6.45, 7) is 0.447. The number of aliphatic hydroxyl groups excluding tert-OH is 1. The Morgan fingerprint density at radius 1 is 0.686 bits per heavy atom. The molecule has 0 spiro atoms. The van der Waals surface area contributed by atoms with Gasteiger partial charge in [-0.25, -0.2) is 4.98 Å². The van der Waals surface area contributed by atoms with Crippen LogP contribution < -0.4 is 5.73 Å². The molecule has 1 radical (unpaired) electrons. The second-order valence-corrected chi connectivity index (χ2v) is 7.91. The van der Waals surface area contributed by atoms with Crippen LogP contribution in [0, 0.1) is 44.1 Å². The Morgan fingerprint density at radius 2 is 1.26 bits per heavy atom. The summed E-state index contributed by atoms with van der Waals surface area (Å²) >= 11 is 0. The molecule has 0 atom stereocenters. The predicted octanol–water partition coefficient (Wildman–Crippen LogP) is 6.76. The molecule has 0 aliphatic heterocycles. The summed E-state index contributed by atoms with van der Waals surface area (Å²) in [7, 11) is 0. The van der Waals surface area contributed by atoms with Gasteiger partial charge in [-0.15, -0.1) is 0 Å². The van der Waals surface area contributed by atoms with E-state index in [4.69, 9.17) is 10.7 Å². The van der Waals surface area contributed by atoms with Crippen LogP contribution in [0.15, 0.2) is 109 Å². The Labute approximate surface area is 243 Å². The summed E-state index contributed by atoms with van der Waals surface area (Å²) in [6.07, 6.45) is 0. The normalized spacial score (nSPS) is 10.3. The maximum absolute atomic E-state index is 10.00. The van der Waals surface area contributed by atoms with E-state index in [0.717, 1.165) is 50.7 Å². The van der Waals surface area contributed by atoms with Crippen molar-refractivity contribution in [2.24, 2.45) is 0 Å². The third-order valence-corrected chi connectivity index (χ3v) is 5.75. The van der Waals surface area contributed by atoms with Gasteiger partial charge in [0.25, 0.3) is 0 Å². The molecule has 35 heavy (non-hydrogen) atoms. The van der Waals surface area contributed by atoms with Crippen LogP contribution in [-0.2, 0) is 6.54 Å². The third kappa shape index (κ3) is 5.59. The molecule has 0 amide bonds. The molecule has 0 fully saturated rings. The van der Waals surface area contributed by atoms with Crippen LogP contribution in [0.1, 0.15) is 7.43 Å². The number of nitrogens with two attached hydrogens (primary N) is 1. The molecular weight excluding hydrogens is 645 g/mol. The van der Waals surface area contributed by atoms with Gasteiger partial charge in [-0.05, 0) is 23.3 Å². The maximum Gasteiger partial charge on any atom is 0.141 e. The van der Waals surface area contributed by atoms with Crippen LogP contribution in [0.25, 0.3) is 45.0 Å². The number of hydrogen-bond acceptors (Lipinski definition) is 3. The van der Waals surface area contributed by atoms with Gasteiger partial charge in [0.15, 0.2) is 0 Å². The smallest absolute Gasteiger partial charge is 0.141 e. The van der Waals surface area contributed by atoms with Gasteiger partial charge in [-0.3, -0.25) is 0 Å². The van der Waals surface area contributed by atoms with Crippen molar-refractivity contribution in [2.45, 2.75) is 14.0 Å². The van der Waals surface area contributed by atoms with E-state index < -0.39 is 0 Å². The molecule has 1 heterocycles. The predicted molar refractivity (Wildman–Crippen MR) is 142 cm³/mol. The molecule has 0 saturated carbocycles. The number of nitrogen functional groups attached to an aromatic ring is 1. The quantitative estimate of drug-likeness (QED) is 0.196. The molecule has 0 unspecified atom stereocenters. The number of benzene rings is 4. The number of imidazole rings is 1. The number of anilines is 1. The van der Waals surface area contributed by atoms with Crippen LogP contribution in [0.5, 0.6) is 0 Å². The van der Waals surface area contributed by atoms with Crippen molar-refractivity contribution < 1.29 is 49.2 Å². The van der Waals surface area contributed by atoms with Gasteiger partial charge in [0.05, 0.1) is 18.0 Å². The first-order valence-corrected chi connectivity index (χ1v) is 11.0. The van der Waals surface area contributed by atoms with Gasteiger partial charge in [-0.2, -0.15) is 0 Å². The zero-order valence-electron chi connectivity index (χ0n) is 18.8. The van der Waals surface area contributed by atoms with Crippen molar-refractivity contribution in [3.8, 4) is 45.0 Å². The molecular formula is C30H29AcN3O. The van der Waals surface area contributed by atoms with E-state index in [1.807, 2.05) is 66.7 Å². The van der Waals surface area contributed by atoms with E-state index in [2.05, 4.69) is 47.0 Å². The van der Waals surface area contributed by atoms with Crippen LogP contribution >= 0.6 is 0 Å². The fraction of sp³-hybridized carbons (Fsp3) is 0.100. The van der Waals surface area contributed by atoms with E-state index in [9.17, 15) is 5.11 Å². The topological polar surface area (TPSA) is 64.1 Å². The first kappa shape index (κ1) is 26.9. The molecule has 5 rings (SSSR count). The number of hydrogen-bond donors (Lipinski definition) is 2. The Balaban J connectivity index is 0.00000171. The molecule has 0 aliphatic rings. The fourth-order valence-corrected chi connectivity index (χ4v) is 4.30. The SMILES string of the molecule is C.Nc1cccc(-c2ccccc2-c2nc(-c3ccccc3)c(-c3ccccc3)n2CCO)c1.[Ac]. The van der Waals surface area contributed by atoms with Crippen LogP contribution in [0.2, 0.25) is 0 Å². The largest absolute Gasteiger partial charge is 0.399 e. The second kappa shape index (κ2) is 12.3. The van der Waals surface area contributed by atoms with E-state index >= 15 is 0 Å². The third-order valence-electron chi connectivity index (χ3n) is 5.75. The first-order chi connectivity index (χ1) is 16.3. The van der Waals surface area contributed by atoms with Crippen LogP contribution in [-0.4, -0.2) is 21.3 Å². The Kier molecular flexibility index (Phi) is 9.46. The van der Waals surface area contributed by atoms with E-state index in [-0.39, 0.29) is 58.1 Å². The van der Waals surface area contributed by atoms with Crippen LogP contribution in [0.4, 0.5) is 5.69 Å². The number of nitrogens with zero attached hydrogens (tertiary/aromatic N) is 2. The Morgan fingerprint density at radius 3 is 1.89 bits per heavy atom. The monoisotopic (exact) mass is 674 g/mol. The second-order valence-electron chi connectivity index (χ2n) is 7.91. The summed E-state index contributed by atoms with van der Waals surface area (Å²) in [4.78, 5) is 5.17. The summed E-state index contributed by atoms with van der Waals surface area (Å²) < 4.78 is 2.13. The summed E-state index contributed by atoms with van der Waals surface area (Å²) in [5.74, 6) is 0.819. The van der Waals surface area contributed by atoms with Crippen molar-refractivity contribution in [3.63, 3.8) is 0 Å². The molecule has 0 bridgehead atoms. The fourth-order valence-electron chi connectivity index (χ4n) is 4.30. The number of aliphatic hydroxyl groups is 1. The number of aromatic nitrogens is 2. The van der Waals surface area contributed by atoms with Crippen LogP contribution in [0.3, 0.4) is 0 Å². The van der Waals surface area contributed by atoms with Gasteiger partial charge >= 0.3 is 0 Å². The average Bonchev–Trinajstić information content (AvgIpc) is 3.24. The summed E-state index contributed by atoms with van der Waals surface area (Å²) in [6, 6.07) is 36.6. The van der Waals surface area contributed by atoms with Crippen molar-refractivity contribution >= 4 is 5.69 Å². The minimum absolute atomic E-state index is 0. The molecule has 173 valence electrons. The Hall–Kier alpha value is -2.71. The molecule has 4 aromatic carbocycles. The molecule has 0 saturated heterocycles. The average molecular weight is 675 g/mol. The summed E-state index contributed by atoms with van der Waals surface area (Å²) in [5.41, 5.74) is 13.9. The van der Waals surface area contributed by atoms with Gasteiger partial charge in [0.2, 0.25) is 0 Å². The molecule has 3 N–H and O–H groups in total. The maximum atomic E-state index is 10.00. The zero-order chi connectivity index (χ0) is 22.6. The van der Waals surface area contributed by atoms with Crippen molar-refractivity contribution in [1.82, 2.24) is 9.55 Å². The molecule has 1 aromatic heterocycles. The standard InChI is InChI=1S/C29H25N3O.CH4.Ac/c30-24-15-9-14-23(20-24)25-16-7-8-17-26(25)29-31-27(21-10-3-1-4-11-21)28(32(29)18-19-33)22-12-5-2-6-13-22;;/h1-17,20,33H,18-19,30H2;1H4;. The zero-order valence-corrected chi connectivity index (χ0v) is 23.5. The van der Waals surface area contributed by atoms with Crippen molar-refractivity contribution in [1.29, 1.82) is 0 Å². The first-order valence-electron chi connectivity index (χ1n) is 11.0. The van der Waals surface area contributed by atoms with Gasteiger partial charge in [-0.1, -0.05) is 104 Å². The number of rotatable bonds is 6. The van der Waals surface area contributed by atoms with Gasteiger partial charge in [0.1, 0.15) is 5.82 Å². The molecule has 0 aliphatic carbocycles. The molecule has 5 heteroatoms. The van der Waals surface area contributed by atoms with Crippen molar-refractivity contribution in [3.05, 3.63) is 109 Å². The van der Waals surface area contributed by atoms with Gasteiger partial charge in [0, 0.05) is 73.0 Å². The molecule has 4 nitrogen and oxygen atoms in total. The van der Waals surface area contributed by atoms with E-state index in [1.54, 1.807) is 0 Å². The minimum atomic E-state index is 0. The minimum Gasteiger partial charge on any atom is -0.399 e. The van der Waals surface area contributed by atoms with E-state index in [0.29, 0.717) is 6.54 Å². The Bertz CT molecular complexity index is 1380. The van der Waals surface area contributed by atoms with Gasteiger partial charge < -0.3 is 15.4 Å².